The molecule has 0 saturated carbocycles. The number of hydrogen-bond donors (Lipinski definition) is 2. The molecule has 0 unspecified atom stereocenters. The first-order valence-corrected chi connectivity index (χ1v) is 7.21. The lowest BCUT2D eigenvalue weighted by atomic mass is 10.1. The van der Waals surface area contributed by atoms with Crippen molar-refractivity contribution in [1.82, 2.24) is 0 Å². The Bertz CT molecular complexity index is 866. The number of nitrogens with one attached hydrogen (secondary N) is 1. The van der Waals surface area contributed by atoms with E-state index >= 15 is 0 Å². The molecule has 0 aromatic heterocycles. The molecule has 3 aromatic rings. The second kappa shape index (κ2) is 5.47. The average molecular weight is 338 g/mol. The summed E-state index contributed by atoms with van der Waals surface area (Å²) in [5, 5.41) is 14.5. The largest absolute Gasteiger partial charge is 0.397 e. The lowest BCUT2D eigenvalue weighted by Crippen LogP contribution is -1.96. The zero-order valence-electron chi connectivity index (χ0n) is 11.1. The fraction of sp³-hybridized carbons (Fsp3) is 0. The zero-order valence-corrected chi connectivity index (χ0v) is 12.7. The molecule has 0 aliphatic carbocycles. The van der Waals surface area contributed by atoms with Crippen LogP contribution in [0, 0.1) is 11.3 Å². The van der Waals surface area contributed by atoms with Crippen LogP contribution in [0.15, 0.2) is 59.1 Å². The maximum absolute atomic E-state index is 8.85. The summed E-state index contributed by atoms with van der Waals surface area (Å²) in [6.07, 6.45) is 0. The first-order chi connectivity index (χ1) is 10.2. The summed E-state index contributed by atoms with van der Waals surface area (Å²) in [5.74, 6) is 0. The van der Waals surface area contributed by atoms with Crippen LogP contribution in [0.1, 0.15) is 5.56 Å². The van der Waals surface area contributed by atoms with Gasteiger partial charge in [-0.3, -0.25) is 0 Å². The molecule has 0 bridgehead atoms. The van der Waals surface area contributed by atoms with Crippen molar-refractivity contribution < 1.29 is 0 Å². The summed E-state index contributed by atoms with van der Waals surface area (Å²) < 4.78 is 1.06. The van der Waals surface area contributed by atoms with Crippen LogP contribution in [0.2, 0.25) is 0 Å². The molecule has 4 heteroatoms. The molecule has 3 N–H and O–H groups in total. The summed E-state index contributed by atoms with van der Waals surface area (Å²) >= 11 is 3.47. The number of nitrogens with two attached hydrogens (primary N) is 1. The molecular formula is C17H12BrN3. The van der Waals surface area contributed by atoms with Crippen molar-refractivity contribution in [2.75, 3.05) is 11.1 Å². The highest BCUT2D eigenvalue weighted by atomic mass is 79.9. The Balaban J connectivity index is 1.95. The number of fused-ring (bicyclic) bond motifs is 1. The molecule has 0 fully saturated rings. The van der Waals surface area contributed by atoms with Crippen LogP contribution in [0.5, 0.6) is 0 Å². The Labute approximate surface area is 131 Å². The van der Waals surface area contributed by atoms with Gasteiger partial charge in [-0.1, -0.05) is 28.1 Å². The van der Waals surface area contributed by atoms with Gasteiger partial charge in [0.2, 0.25) is 0 Å². The number of nitrogen functional groups attached to an aromatic ring is 1. The number of rotatable bonds is 2. The highest BCUT2D eigenvalue weighted by molar-refractivity contribution is 9.10. The SMILES string of the molecule is N#Cc1ccc(Nc2ccc3cc(Br)ccc3c2)c(N)c1. The van der Waals surface area contributed by atoms with E-state index in [9.17, 15) is 0 Å². The molecule has 102 valence electrons. The van der Waals surface area contributed by atoms with Crippen molar-refractivity contribution in [2.24, 2.45) is 0 Å². The average Bonchev–Trinajstić information content (AvgIpc) is 2.49. The van der Waals surface area contributed by atoms with Crippen molar-refractivity contribution in [3.8, 4) is 6.07 Å². The Hall–Kier alpha value is -2.51. The third kappa shape index (κ3) is 2.83. The summed E-state index contributed by atoms with van der Waals surface area (Å²) in [5.41, 5.74) is 8.83. The molecule has 0 spiro atoms. The lowest BCUT2D eigenvalue weighted by Gasteiger charge is -2.10. The van der Waals surface area contributed by atoms with Gasteiger partial charge in [0.15, 0.2) is 0 Å². The van der Waals surface area contributed by atoms with E-state index < -0.39 is 0 Å². The summed E-state index contributed by atoms with van der Waals surface area (Å²) in [6.45, 7) is 0. The quantitative estimate of drug-likeness (QED) is 0.660. The fourth-order valence-corrected chi connectivity index (χ4v) is 2.57. The van der Waals surface area contributed by atoms with Gasteiger partial charge in [-0.05, 0) is 53.2 Å². The molecule has 3 aromatic carbocycles. The zero-order chi connectivity index (χ0) is 14.8. The van der Waals surface area contributed by atoms with E-state index in [1.807, 2.05) is 18.2 Å². The van der Waals surface area contributed by atoms with Gasteiger partial charge in [-0.15, -0.1) is 0 Å². The number of anilines is 3. The predicted octanol–water partition coefficient (Wildman–Crippen LogP) is 4.80. The minimum Gasteiger partial charge on any atom is -0.397 e. The molecule has 0 radical (unpaired) electrons. The first kappa shape index (κ1) is 13.5. The van der Waals surface area contributed by atoms with Crippen LogP contribution >= 0.6 is 15.9 Å². The first-order valence-electron chi connectivity index (χ1n) is 6.42. The maximum atomic E-state index is 8.85. The van der Waals surface area contributed by atoms with E-state index in [1.165, 1.54) is 5.39 Å². The molecule has 3 rings (SSSR count). The van der Waals surface area contributed by atoms with Gasteiger partial charge < -0.3 is 11.1 Å². The smallest absolute Gasteiger partial charge is 0.0992 e. The third-order valence-corrected chi connectivity index (χ3v) is 3.76. The van der Waals surface area contributed by atoms with Gasteiger partial charge in [0.05, 0.1) is 23.0 Å². The van der Waals surface area contributed by atoms with Gasteiger partial charge in [-0.25, -0.2) is 0 Å². The van der Waals surface area contributed by atoms with Crippen molar-refractivity contribution in [3.05, 3.63) is 64.6 Å². The van der Waals surface area contributed by atoms with E-state index in [0.29, 0.717) is 11.3 Å². The van der Waals surface area contributed by atoms with E-state index in [-0.39, 0.29) is 0 Å². The highest BCUT2D eigenvalue weighted by Crippen LogP contribution is 2.27. The van der Waals surface area contributed by atoms with E-state index in [2.05, 4.69) is 51.6 Å². The standard InChI is InChI=1S/C17H12BrN3/c18-14-4-2-13-9-15(5-3-12(13)8-14)21-17-6-1-11(10-19)7-16(17)20/h1-9,21H,20H2. The molecule has 0 saturated heterocycles. The molecule has 3 nitrogen and oxygen atoms in total. The maximum Gasteiger partial charge on any atom is 0.0992 e. The number of hydrogen-bond acceptors (Lipinski definition) is 3. The summed E-state index contributed by atoms with van der Waals surface area (Å²) in [6, 6.07) is 19.6. The number of benzene rings is 3. The predicted molar refractivity (Wildman–Crippen MR) is 90.5 cm³/mol. The molecule has 0 atom stereocenters. The number of nitriles is 1. The minimum absolute atomic E-state index is 0.557. The van der Waals surface area contributed by atoms with Crippen LogP contribution in [-0.4, -0.2) is 0 Å². The molecule has 21 heavy (non-hydrogen) atoms. The molecule has 0 heterocycles. The van der Waals surface area contributed by atoms with Crippen molar-refractivity contribution >= 4 is 43.8 Å². The Morgan fingerprint density at radius 2 is 1.71 bits per heavy atom. The summed E-state index contributed by atoms with van der Waals surface area (Å²) in [4.78, 5) is 0. The molecular weight excluding hydrogens is 326 g/mol. The molecule has 0 amide bonds. The van der Waals surface area contributed by atoms with Crippen molar-refractivity contribution in [3.63, 3.8) is 0 Å². The third-order valence-electron chi connectivity index (χ3n) is 3.26. The van der Waals surface area contributed by atoms with Crippen molar-refractivity contribution in [2.45, 2.75) is 0 Å². The van der Waals surface area contributed by atoms with Gasteiger partial charge in [0.25, 0.3) is 0 Å². The normalized spacial score (nSPS) is 10.3. The number of halogens is 1. The lowest BCUT2D eigenvalue weighted by molar-refractivity contribution is 1.47. The van der Waals surface area contributed by atoms with Crippen LogP contribution < -0.4 is 11.1 Å². The van der Waals surface area contributed by atoms with Crippen LogP contribution in [0.25, 0.3) is 10.8 Å². The van der Waals surface area contributed by atoms with Gasteiger partial charge in [0, 0.05) is 10.2 Å². The van der Waals surface area contributed by atoms with E-state index in [0.717, 1.165) is 21.2 Å². The van der Waals surface area contributed by atoms with Crippen molar-refractivity contribution in [1.29, 1.82) is 5.26 Å². The highest BCUT2D eigenvalue weighted by Gasteiger charge is 2.03. The van der Waals surface area contributed by atoms with Crippen LogP contribution in [-0.2, 0) is 0 Å². The van der Waals surface area contributed by atoms with Gasteiger partial charge >= 0.3 is 0 Å². The molecule has 0 aliphatic rings. The van der Waals surface area contributed by atoms with E-state index in [1.54, 1.807) is 12.1 Å². The van der Waals surface area contributed by atoms with Crippen LogP contribution in [0.3, 0.4) is 0 Å². The van der Waals surface area contributed by atoms with E-state index in [4.69, 9.17) is 11.0 Å². The van der Waals surface area contributed by atoms with Gasteiger partial charge in [0.1, 0.15) is 0 Å². The van der Waals surface area contributed by atoms with Crippen LogP contribution in [0.4, 0.5) is 17.1 Å². The second-order valence-corrected chi connectivity index (χ2v) is 5.66. The Morgan fingerprint density at radius 1 is 0.952 bits per heavy atom. The minimum atomic E-state index is 0.557. The van der Waals surface area contributed by atoms with Gasteiger partial charge in [-0.2, -0.15) is 5.26 Å². The Morgan fingerprint density at radius 3 is 2.48 bits per heavy atom. The Kier molecular flexibility index (Phi) is 3.51. The fourth-order valence-electron chi connectivity index (χ4n) is 2.20. The number of nitrogens with zero attached hydrogens (tertiary/aromatic N) is 1. The monoisotopic (exact) mass is 337 g/mol. The summed E-state index contributed by atoms with van der Waals surface area (Å²) in [7, 11) is 0. The topological polar surface area (TPSA) is 61.8 Å². The molecule has 0 aliphatic heterocycles. The second-order valence-electron chi connectivity index (χ2n) is 4.75.